The van der Waals surface area contributed by atoms with E-state index in [1.807, 2.05) is 36.4 Å². The zero-order valence-electron chi connectivity index (χ0n) is 16.3. The third kappa shape index (κ3) is 5.47. The molecule has 7 nitrogen and oxygen atoms in total. The van der Waals surface area contributed by atoms with Gasteiger partial charge in [-0.1, -0.05) is 24.3 Å². The monoisotopic (exact) mass is 419 g/mol. The Morgan fingerprint density at radius 1 is 1.10 bits per heavy atom. The smallest absolute Gasteiger partial charge is 0.411 e. The van der Waals surface area contributed by atoms with Crippen LogP contribution in [0, 0.1) is 0 Å². The molecule has 2 amide bonds. The Morgan fingerprint density at radius 2 is 1.83 bits per heavy atom. The summed E-state index contributed by atoms with van der Waals surface area (Å²) in [5, 5.41) is 14.6. The molecule has 0 aromatic heterocycles. The van der Waals surface area contributed by atoms with Crippen molar-refractivity contribution >= 4 is 41.5 Å². The number of hydrogen-bond donors (Lipinski definition) is 3. The predicted molar refractivity (Wildman–Crippen MR) is 115 cm³/mol. The molecule has 2 aromatic rings. The number of para-hydroxylation sites is 1. The first kappa shape index (κ1) is 22.7. The molecular weight excluding hydrogens is 394 g/mol. The van der Waals surface area contributed by atoms with Crippen LogP contribution in [-0.4, -0.2) is 43.4 Å². The summed E-state index contributed by atoms with van der Waals surface area (Å²) in [7, 11) is 0. The average Bonchev–Trinajstić information content (AvgIpc) is 2.85. The number of nitrogens with zero attached hydrogens (tertiary/aromatic N) is 1. The highest BCUT2D eigenvalue weighted by Gasteiger charge is 2.26. The van der Waals surface area contributed by atoms with E-state index in [1.54, 1.807) is 17.9 Å². The molecule has 29 heavy (non-hydrogen) atoms. The minimum atomic E-state index is -0.529. The molecule has 1 aliphatic heterocycles. The van der Waals surface area contributed by atoms with Crippen LogP contribution in [0.15, 0.2) is 42.5 Å². The van der Waals surface area contributed by atoms with Gasteiger partial charge < -0.3 is 15.2 Å². The maximum absolute atomic E-state index is 13.1. The number of ether oxygens (including phenoxy) is 1. The Hall–Kier alpha value is -2.61. The van der Waals surface area contributed by atoms with Crippen molar-refractivity contribution in [1.82, 2.24) is 5.32 Å². The van der Waals surface area contributed by atoms with Crippen LogP contribution in [0.2, 0.25) is 0 Å². The van der Waals surface area contributed by atoms with Crippen molar-refractivity contribution in [2.45, 2.75) is 19.8 Å². The van der Waals surface area contributed by atoms with Crippen LogP contribution in [0.25, 0.3) is 0 Å². The molecule has 0 aliphatic carbocycles. The number of fused-ring (bicyclic) bond motifs is 2. The van der Waals surface area contributed by atoms with E-state index in [4.69, 9.17) is 9.84 Å². The van der Waals surface area contributed by atoms with Crippen LogP contribution >= 0.6 is 12.4 Å². The lowest BCUT2D eigenvalue weighted by molar-refractivity contribution is -0.117. The summed E-state index contributed by atoms with van der Waals surface area (Å²) >= 11 is 0. The van der Waals surface area contributed by atoms with Gasteiger partial charge in [0.05, 0.1) is 31.1 Å². The van der Waals surface area contributed by atoms with Gasteiger partial charge in [-0.05, 0) is 49.1 Å². The highest BCUT2D eigenvalue weighted by atomic mass is 35.5. The van der Waals surface area contributed by atoms with Crippen LogP contribution in [-0.2, 0) is 22.4 Å². The zero-order chi connectivity index (χ0) is 19.9. The van der Waals surface area contributed by atoms with Gasteiger partial charge in [-0.15, -0.1) is 12.4 Å². The SMILES string of the molecule is CCOC(=O)Nc1ccc2c(c1)N(C(=O)CNCCO)c1ccccc1CC2.Cl. The van der Waals surface area contributed by atoms with Gasteiger partial charge in [0.25, 0.3) is 0 Å². The first-order valence-electron chi connectivity index (χ1n) is 9.43. The molecule has 2 aromatic carbocycles. The molecule has 8 heteroatoms. The number of aryl methyl sites for hydroxylation is 2. The van der Waals surface area contributed by atoms with Crippen LogP contribution < -0.4 is 15.5 Å². The fourth-order valence-corrected chi connectivity index (χ4v) is 3.31. The van der Waals surface area contributed by atoms with Crippen LogP contribution in [0.1, 0.15) is 18.1 Å². The molecule has 0 bridgehead atoms. The lowest BCUT2D eigenvalue weighted by atomic mass is 10.0. The minimum absolute atomic E-state index is 0. The number of aliphatic hydroxyl groups excluding tert-OH is 1. The third-order valence-electron chi connectivity index (χ3n) is 4.56. The van der Waals surface area contributed by atoms with Crippen molar-refractivity contribution in [3.63, 3.8) is 0 Å². The number of hydrogen-bond acceptors (Lipinski definition) is 5. The fraction of sp³-hybridized carbons (Fsp3) is 0.333. The van der Waals surface area contributed by atoms with Crippen molar-refractivity contribution in [2.24, 2.45) is 0 Å². The van der Waals surface area contributed by atoms with E-state index >= 15 is 0 Å². The summed E-state index contributed by atoms with van der Waals surface area (Å²) in [6.45, 7) is 2.44. The summed E-state index contributed by atoms with van der Waals surface area (Å²) in [5.74, 6) is -0.127. The Labute approximate surface area is 176 Å². The van der Waals surface area contributed by atoms with Gasteiger partial charge in [-0.3, -0.25) is 15.0 Å². The summed E-state index contributed by atoms with van der Waals surface area (Å²) < 4.78 is 4.95. The number of rotatable bonds is 6. The lowest BCUT2D eigenvalue weighted by Gasteiger charge is -2.26. The molecule has 0 unspecified atom stereocenters. The zero-order valence-corrected chi connectivity index (χ0v) is 17.1. The largest absolute Gasteiger partial charge is 0.450 e. The minimum Gasteiger partial charge on any atom is -0.450 e. The molecule has 0 fully saturated rings. The molecule has 1 heterocycles. The van der Waals surface area contributed by atoms with E-state index in [-0.39, 0.29) is 38.1 Å². The second-order valence-electron chi connectivity index (χ2n) is 6.45. The van der Waals surface area contributed by atoms with Crippen molar-refractivity contribution in [2.75, 3.05) is 36.5 Å². The number of halogens is 1. The fourth-order valence-electron chi connectivity index (χ4n) is 3.31. The number of amides is 2. The van der Waals surface area contributed by atoms with Gasteiger partial charge in [-0.25, -0.2) is 4.79 Å². The summed E-state index contributed by atoms with van der Waals surface area (Å²) in [4.78, 5) is 26.5. The molecular formula is C21H26ClN3O4. The second kappa shape index (κ2) is 10.8. The van der Waals surface area contributed by atoms with Gasteiger partial charge in [0.1, 0.15) is 0 Å². The number of anilines is 3. The second-order valence-corrected chi connectivity index (χ2v) is 6.45. The summed E-state index contributed by atoms with van der Waals surface area (Å²) in [6.07, 6.45) is 1.08. The molecule has 0 atom stereocenters. The predicted octanol–water partition coefficient (Wildman–Crippen LogP) is 3.02. The summed E-state index contributed by atoms with van der Waals surface area (Å²) in [6, 6.07) is 13.4. The number of nitrogens with one attached hydrogen (secondary N) is 2. The van der Waals surface area contributed by atoms with Crippen LogP contribution in [0.3, 0.4) is 0 Å². The van der Waals surface area contributed by atoms with Crippen molar-refractivity contribution in [3.05, 3.63) is 53.6 Å². The topological polar surface area (TPSA) is 90.9 Å². The number of carbonyl (C=O) groups is 2. The van der Waals surface area contributed by atoms with Gasteiger partial charge in [-0.2, -0.15) is 0 Å². The van der Waals surface area contributed by atoms with Gasteiger partial charge in [0.2, 0.25) is 5.91 Å². The Kier molecular flexibility index (Phi) is 8.45. The molecule has 1 aliphatic rings. The van der Waals surface area contributed by atoms with E-state index in [2.05, 4.69) is 10.6 Å². The van der Waals surface area contributed by atoms with Crippen LogP contribution in [0.4, 0.5) is 21.9 Å². The van der Waals surface area contributed by atoms with E-state index in [0.29, 0.717) is 12.2 Å². The standard InChI is InChI=1S/C21H25N3O4.ClH/c1-2-28-21(27)23-17-10-9-16-8-7-15-5-3-4-6-18(15)24(19(16)13-17)20(26)14-22-11-12-25;/h3-6,9-10,13,22,25H,2,7-8,11-12,14H2,1H3,(H,23,27);1H. The van der Waals surface area contributed by atoms with Gasteiger partial charge in [0, 0.05) is 12.2 Å². The first-order valence-corrected chi connectivity index (χ1v) is 9.43. The van der Waals surface area contributed by atoms with E-state index in [0.717, 1.165) is 35.3 Å². The summed E-state index contributed by atoms with van der Waals surface area (Å²) in [5.41, 5.74) is 4.27. The maximum atomic E-state index is 13.1. The molecule has 156 valence electrons. The van der Waals surface area contributed by atoms with E-state index in [9.17, 15) is 9.59 Å². The Balaban J connectivity index is 0.00000300. The van der Waals surface area contributed by atoms with E-state index < -0.39 is 6.09 Å². The first-order chi connectivity index (χ1) is 13.6. The van der Waals surface area contributed by atoms with Gasteiger partial charge >= 0.3 is 6.09 Å². The average molecular weight is 420 g/mol. The molecule has 0 spiro atoms. The van der Waals surface area contributed by atoms with Crippen molar-refractivity contribution in [1.29, 1.82) is 0 Å². The van der Waals surface area contributed by atoms with Crippen molar-refractivity contribution < 1.29 is 19.4 Å². The molecule has 3 N–H and O–H groups in total. The highest BCUT2D eigenvalue weighted by Crippen LogP contribution is 2.37. The lowest BCUT2D eigenvalue weighted by Crippen LogP contribution is -2.36. The Bertz CT molecular complexity index is 860. The third-order valence-corrected chi connectivity index (χ3v) is 4.56. The van der Waals surface area contributed by atoms with Crippen molar-refractivity contribution in [3.8, 4) is 0 Å². The normalized spacial score (nSPS) is 12.1. The van der Waals surface area contributed by atoms with E-state index in [1.165, 1.54) is 0 Å². The Morgan fingerprint density at radius 3 is 2.55 bits per heavy atom. The maximum Gasteiger partial charge on any atom is 0.411 e. The molecule has 0 saturated heterocycles. The highest BCUT2D eigenvalue weighted by molar-refractivity contribution is 6.04. The van der Waals surface area contributed by atoms with Crippen LogP contribution in [0.5, 0.6) is 0 Å². The number of benzene rings is 2. The molecule has 0 saturated carbocycles. The number of aliphatic hydroxyl groups is 1. The molecule has 0 radical (unpaired) electrons. The van der Waals surface area contributed by atoms with Gasteiger partial charge in [0.15, 0.2) is 0 Å². The quantitative estimate of drug-likeness (QED) is 0.626. The molecule has 3 rings (SSSR count). The number of carbonyl (C=O) groups excluding carboxylic acids is 2.